The third-order valence-corrected chi connectivity index (χ3v) is 3.18. The molecular weight excluding hydrogens is 224 g/mol. The lowest BCUT2D eigenvalue weighted by Gasteiger charge is -2.18. The van der Waals surface area contributed by atoms with Crippen LogP contribution in [-0.4, -0.2) is 24.2 Å². The Morgan fingerprint density at radius 2 is 1.94 bits per heavy atom. The molecule has 3 heteroatoms. The molecule has 3 nitrogen and oxygen atoms in total. The molecule has 0 saturated carbocycles. The number of nitrogens with one attached hydrogen (secondary N) is 2. The Hall–Kier alpha value is -1.22. The van der Waals surface area contributed by atoms with Crippen molar-refractivity contribution >= 4 is 5.69 Å². The van der Waals surface area contributed by atoms with Crippen molar-refractivity contribution in [3.05, 3.63) is 24.3 Å². The first-order valence-corrected chi connectivity index (χ1v) is 6.73. The van der Waals surface area contributed by atoms with Gasteiger partial charge in [0, 0.05) is 23.8 Å². The van der Waals surface area contributed by atoms with Crippen molar-refractivity contribution in [2.75, 3.05) is 11.9 Å². The zero-order valence-corrected chi connectivity index (χ0v) is 11.8. The van der Waals surface area contributed by atoms with Gasteiger partial charge in [0.05, 0.1) is 6.10 Å². The molecule has 0 radical (unpaired) electrons. The van der Waals surface area contributed by atoms with Gasteiger partial charge in [0.25, 0.3) is 0 Å². The Kier molecular flexibility index (Phi) is 3.81. The minimum atomic E-state index is 0.226. The van der Waals surface area contributed by atoms with Gasteiger partial charge in [0.15, 0.2) is 0 Å². The molecule has 1 aromatic rings. The molecule has 1 heterocycles. The predicted octanol–water partition coefficient (Wildman–Crippen LogP) is 3.03. The summed E-state index contributed by atoms with van der Waals surface area (Å²) in [5.41, 5.74) is 1.41. The summed E-state index contributed by atoms with van der Waals surface area (Å²) in [6.07, 6.45) is 1.38. The van der Waals surface area contributed by atoms with Crippen molar-refractivity contribution in [3.8, 4) is 5.75 Å². The molecule has 1 aliphatic heterocycles. The first kappa shape index (κ1) is 13.2. The van der Waals surface area contributed by atoms with Crippen LogP contribution in [0.15, 0.2) is 24.3 Å². The number of benzene rings is 1. The van der Waals surface area contributed by atoms with Crippen LogP contribution in [0.4, 0.5) is 5.69 Å². The quantitative estimate of drug-likeness (QED) is 0.859. The van der Waals surface area contributed by atoms with Crippen molar-refractivity contribution in [3.63, 3.8) is 0 Å². The van der Waals surface area contributed by atoms with E-state index in [-0.39, 0.29) is 11.6 Å². The fraction of sp³-hybridized carbons (Fsp3) is 0.600. The molecule has 2 N–H and O–H groups in total. The zero-order valence-electron chi connectivity index (χ0n) is 11.8. The van der Waals surface area contributed by atoms with E-state index in [1.807, 2.05) is 26.0 Å². The fourth-order valence-corrected chi connectivity index (χ4v) is 2.40. The molecule has 1 unspecified atom stereocenters. The highest BCUT2D eigenvalue weighted by Gasteiger charge is 2.29. The summed E-state index contributed by atoms with van der Waals surface area (Å²) in [7, 11) is 0. The van der Waals surface area contributed by atoms with E-state index in [1.54, 1.807) is 0 Å². The van der Waals surface area contributed by atoms with Crippen molar-refractivity contribution in [2.24, 2.45) is 0 Å². The minimum absolute atomic E-state index is 0.226. The van der Waals surface area contributed by atoms with E-state index in [0.717, 1.165) is 24.4 Å². The lowest BCUT2D eigenvalue weighted by Crippen LogP contribution is -2.31. The molecule has 2 rings (SSSR count). The fourth-order valence-electron chi connectivity index (χ4n) is 2.40. The molecular formula is C15H24N2O. The highest BCUT2D eigenvalue weighted by atomic mass is 16.5. The second-order valence-corrected chi connectivity index (χ2v) is 6.00. The van der Waals surface area contributed by atoms with Crippen LogP contribution < -0.4 is 15.4 Å². The summed E-state index contributed by atoms with van der Waals surface area (Å²) in [6, 6.07) is 8.73. The molecule has 0 aromatic heterocycles. The Morgan fingerprint density at radius 3 is 2.44 bits per heavy atom. The molecule has 1 saturated heterocycles. The van der Waals surface area contributed by atoms with Crippen LogP contribution in [0.25, 0.3) is 0 Å². The SMILES string of the molecule is CC(C)Oc1ccc(NC2CNC(C)(C)C2)cc1. The van der Waals surface area contributed by atoms with E-state index in [0.29, 0.717) is 6.04 Å². The van der Waals surface area contributed by atoms with Crippen LogP contribution in [0.3, 0.4) is 0 Å². The summed E-state index contributed by atoms with van der Waals surface area (Å²) >= 11 is 0. The molecule has 0 amide bonds. The highest BCUT2D eigenvalue weighted by molar-refractivity contribution is 5.47. The average molecular weight is 248 g/mol. The lowest BCUT2D eigenvalue weighted by atomic mass is 10.0. The smallest absolute Gasteiger partial charge is 0.119 e. The number of rotatable bonds is 4. The number of hydrogen-bond acceptors (Lipinski definition) is 3. The van der Waals surface area contributed by atoms with Crippen LogP contribution in [0.5, 0.6) is 5.75 Å². The van der Waals surface area contributed by atoms with Gasteiger partial charge in [-0.05, 0) is 58.4 Å². The third-order valence-electron chi connectivity index (χ3n) is 3.18. The lowest BCUT2D eigenvalue weighted by molar-refractivity contribution is 0.242. The van der Waals surface area contributed by atoms with Crippen molar-refractivity contribution in [2.45, 2.75) is 51.8 Å². The van der Waals surface area contributed by atoms with Crippen LogP contribution in [0.1, 0.15) is 34.1 Å². The Balaban J connectivity index is 1.91. The van der Waals surface area contributed by atoms with Crippen molar-refractivity contribution < 1.29 is 4.74 Å². The minimum Gasteiger partial charge on any atom is -0.491 e. The molecule has 1 aliphatic rings. The largest absolute Gasteiger partial charge is 0.491 e. The highest BCUT2D eigenvalue weighted by Crippen LogP contribution is 2.23. The Labute approximate surface area is 110 Å². The first-order chi connectivity index (χ1) is 8.44. The van der Waals surface area contributed by atoms with E-state index in [4.69, 9.17) is 4.74 Å². The Morgan fingerprint density at radius 1 is 1.28 bits per heavy atom. The van der Waals surface area contributed by atoms with Gasteiger partial charge in [0.2, 0.25) is 0 Å². The van der Waals surface area contributed by atoms with Gasteiger partial charge >= 0.3 is 0 Å². The zero-order chi connectivity index (χ0) is 13.2. The second kappa shape index (κ2) is 5.19. The molecule has 18 heavy (non-hydrogen) atoms. The van der Waals surface area contributed by atoms with Crippen LogP contribution in [0.2, 0.25) is 0 Å². The summed E-state index contributed by atoms with van der Waals surface area (Å²) in [5, 5.41) is 7.08. The number of anilines is 1. The van der Waals surface area contributed by atoms with Crippen LogP contribution >= 0.6 is 0 Å². The summed E-state index contributed by atoms with van der Waals surface area (Å²) in [5.74, 6) is 0.931. The Bertz CT molecular complexity index is 384. The third kappa shape index (κ3) is 3.64. The number of hydrogen-bond donors (Lipinski definition) is 2. The van der Waals surface area contributed by atoms with Gasteiger partial charge in [0.1, 0.15) is 5.75 Å². The molecule has 1 atom stereocenters. The van der Waals surface area contributed by atoms with Crippen molar-refractivity contribution in [1.29, 1.82) is 0 Å². The monoisotopic (exact) mass is 248 g/mol. The topological polar surface area (TPSA) is 33.3 Å². The van der Waals surface area contributed by atoms with E-state index in [1.165, 1.54) is 0 Å². The average Bonchev–Trinajstić information content (AvgIpc) is 2.60. The van der Waals surface area contributed by atoms with Crippen molar-refractivity contribution in [1.82, 2.24) is 5.32 Å². The normalized spacial score (nSPS) is 22.2. The maximum absolute atomic E-state index is 5.63. The summed E-state index contributed by atoms with van der Waals surface area (Å²) in [6.45, 7) is 9.59. The molecule has 0 spiro atoms. The second-order valence-electron chi connectivity index (χ2n) is 6.00. The summed E-state index contributed by atoms with van der Waals surface area (Å²) < 4.78 is 5.63. The van der Waals surface area contributed by atoms with E-state index in [9.17, 15) is 0 Å². The van der Waals surface area contributed by atoms with Crippen LogP contribution in [0, 0.1) is 0 Å². The molecule has 0 aliphatic carbocycles. The van der Waals surface area contributed by atoms with Gasteiger partial charge in [-0.15, -0.1) is 0 Å². The molecule has 0 bridgehead atoms. The molecule has 100 valence electrons. The van der Waals surface area contributed by atoms with Gasteiger partial charge in [-0.1, -0.05) is 0 Å². The van der Waals surface area contributed by atoms with Gasteiger partial charge in [-0.2, -0.15) is 0 Å². The first-order valence-electron chi connectivity index (χ1n) is 6.73. The van der Waals surface area contributed by atoms with E-state index in [2.05, 4.69) is 36.6 Å². The summed E-state index contributed by atoms with van der Waals surface area (Å²) in [4.78, 5) is 0. The molecule has 1 aromatic carbocycles. The van der Waals surface area contributed by atoms with Gasteiger partial charge < -0.3 is 15.4 Å². The molecule has 1 fully saturated rings. The standard InChI is InChI=1S/C15H24N2O/c1-11(2)18-14-7-5-12(6-8-14)17-13-9-15(3,4)16-10-13/h5-8,11,13,16-17H,9-10H2,1-4H3. The van der Waals surface area contributed by atoms with E-state index < -0.39 is 0 Å². The maximum Gasteiger partial charge on any atom is 0.119 e. The maximum atomic E-state index is 5.63. The predicted molar refractivity (Wildman–Crippen MR) is 76.3 cm³/mol. The van der Waals surface area contributed by atoms with Crippen LogP contribution in [-0.2, 0) is 0 Å². The van der Waals surface area contributed by atoms with Gasteiger partial charge in [-0.25, -0.2) is 0 Å². The van der Waals surface area contributed by atoms with Gasteiger partial charge in [-0.3, -0.25) is 0 Å². The van der Waals surface area contributed by atoms with E-state index >= 15 is 0 Å². The number of ether oxygens (including phenoxy) is 1.